The van der Waals surface area contributed by atoms with E-state index in [1.165, 1.54) is 6.07 Å². The molecule has 0 aliphatic carbocycles. The Labute approximate surface area is 139 Å². The third-order valence-corrected chi connectivity index (χ3v) is 6.24. The van der Waals surface area contributed by atoms with Crippen LogP contribution in [-0.4, -0.2) is 51.0 Å². The van der Waals surface area contributed by atoms with Gasteiger partial charge in [-0.1, -0.05) is 0 Å². The van der Waals surface area contributed by atoms with Crippen LogP contribution in [0.15, 0.2) is 6.07 Å². The summed E-state index contributed by atoms with van der Waals surface area (Å²) in [5, 5.41) is 12.7. The van der Waals surface area contributed by atoms with Crippen molar-refractivity contribution in [3.63, 3.8) is 0 Å². The highest BCUT2D eigenvalue weighted by molar-refractivity contribution is 7.91. The first-order valence-corrected chi connectivity index (χ1v) is 9.48. The van der Waals surface area contributed by atoms with Crippen molar-refractivity contribution >= 4 is 26.9 Å². The number of imidazole rings is 1. The van der Waals surface area contributed by atoms with Crippen molar-refractivity contribution in [1.29, 1.82) is 0 Å². The maximum absolute atomic E-state index is 12.6. The van der Waals surface area contributed by atoms with Gasteiger partial charge in [-0.2, -0.15) is 0 Å². The average Bonchev–Trinajstić information content (AvgIpc) is 2.80. The normalized spacial score (nSPS) is 19.3. The zero-order valence-electron chi connectivity index (χ0n) is 13.8. The van der Waals surface area contributed by atoms with Crippen LogP contribution in [0.2, 0.25) is 0 Å². The van der Waals surface area contributed by atoms with Crippen molar-refractivity contribution in [3.05, 3.63) is 17.6 Å². The highest BCUT2D eigenvalue weighted by Crippen LogP contribution is 2.25. The van der Waals surface area contributed by atoms with Crippen LogP contribution < -0.4 is 5.32 Å². The third-order valence-electron chi connectivity index (χ3n) is 4.59. The summed E-state index contributed by atoms with van der Waals surface area (Å²) in [6.45, 7) is 3.50. The van der Waals surface area contributed by atoms with Crippen LogP contribution in [0.25, 0.3) is 11.2 Å². The molecule has 24 heavy (non-hydrogen) atoms. The van der Waals surface area contributed by atoms with Crippen molar-refractivity contribution in [3.8, 4) is 5.75 Å². The van der Waals surface area contributed by atoms with E-state index in [-0.39, 0.29) is 29.0 Å². The molecule has 0 atom stereocenters. The van der Waals surface area contributed by atoms with Gasteiger partial charge in [0.1, 0.15) is 15.6 Å². The van der Waals surface area contributed by atoms with Crippen LogP contribution >= 0.6 is 0 Å². The summed E-state index contributed by atoms with van der Waals surface area (Å²) in [7, 11) is -1.33. The summed E-state index contributed by atoms with van der Waals surface area (Å²) < 4.78 is 24.7. The van der Waals surface area contributed by atoms with Gasteiger partial charge in [-0.05, 0) is 26.7 Å². The van der Waals surface area contributed by atoms with Crippen LogP contribution in [0.1, 0.15) is 36.1 Å². The lowest BCUT2D eigenvalue weighted by Crippen LogP contribution is -2.51. The number of nitrogens with zero attached hydrogens (tertiary/aromatic N) is 3. The number of fused-ring (bicyclic) bond motifs is 1. The van der Waals surface area contributed by atoms with Crippen molar-refractivity contribution < 1.29 is 18.3 Å². The SMILES string of the molecule is Cc1nc2nc(C(=O)NC3(C)CCS(=O)(=O)CC3)n(C)c2cc1O. The van der Waals surface area contributed by atoms with Gasteiger partial charge in [-0.15, -0.1) is 0 Å². The lowest BCUT2D eigenvalue weighted by Gasteiger charge is -2.34. The van der Waals surface area contributed by atoms with Crippen molar-refractivity contribution in [1.82, 2.24) is 19.9 Å². The molecule has 2 aromatic heterocycles. The summed E-state index contributed by atoms with van der Waals surface area (Å²) >= 11 is 0. The molecular formula is C15H20N4O4S. The molecule has 1 aliphatic heterocycles. The van der Waals surface area contributed by atoms with Gasteiger partial charge in [0, 0.05) is 18.7 Å². The number of pyridine rings is 1. The summed E-state index contributed by atoms with van der Waals surface area (Å²) in [5.41, 5.74) is 0.803. The molecule has 1 aliphatic rings. The van der Waals surface area contributed by atoms with E-state index in [0.717, 1.165) is 0 Å². The van der Waals surface area contributed by atoms with Crippen LogP contribution in [0.3, 0.4) is 0 Å². The summed E-state index contributed by atoms with van der Waals surface area (Å²) in [6, 6.07) is 1.52. The molecule has 0 aromatic carbocycles. The van der Waals surface area contributed by atoms with Gasteiger partial charge < -0.3 is 15.0 Å². The van der Waals surface area contributed by atoms with Gasteiger partial charge >= 0.3 is 0 Å². The maximum atomic E-state index is 12.6. The molecule has 0 radical (unpaired) electrons. The summed E-state index contributed by atoms with van der Waals surface area (Å²) in [6.07, 6.45) is 0.756. The second-order valence-electron chi connectivity index (χ2n) is 6.60. The van der Waals surface area contributed by atoms with E-state index in [4.69, 9.17) is 0 Å². The smallest absolute Gasteiger partial charge is 0.287 e. The van der Waals surface area contributed by atoms with E-state index in [2.05, 4.69) is 15.3 Å². The third kappa shape index (κ3) is 2.95. The zero-order valence-corrected chi connectivity index (χ0v) is 14.6. The summed E-state index contributed by atoms with van der Waals surface area (Å²) in [4.78, 5) is 21.0. The fourth-order valence-corrected chi connectivity index (χ4v) is 4.56. The van der Waals surface area contributed by atoms with E-state index < -0.39 is 15.4 Å². The zero-order chi connectivity index (χ0) is 17.7. The quantitative estimate of drug-likeness (QED) is 0.821. The maximum Gasteiger partial charge on any atom is 0.287 e. The van der Waals surface area contributed by atoms with Crippen LogP contribution in [0, 0.1) is 6.92 Å². The Morgan fingerprint density at radius 1 is 1.33 bits per heavy atom. The number of carbonyl (C=O) groups is 1. The Bertz CT molecular complexity index is 919. The Balaban J connectivity index is 1.88. The molecule has 0 saturated carbocycles. The van der Waals surface area contributed by atoms with E-state index in [0.29, 0.717) is 29.7 Å². The lowest BCUT2D eigenvalue weighted by molar-refractivity contribution is 0.0886. The van der Waals surface area contributed by atoms with E-state index in [1.54, 1.807) is 18.5 Å². The summed E-state index contributed by atoms with van der Waals surface area (Å²) in [5.74, 6) is -0.0180. The van der Waals surface area contributed by atoms with Gasteiger partial charge in [0.2, 0.25) is 5.82 Å². The van der Waals surface area contributed by atoms with Crippen LogP contribution in [-0.2, 0) is 16.9 Å². The molecule has 9 heteroatoms. The van der Waals surface area contributed by atoms with Gasteiger partial charge in [0.15, 0.2) is 5.65 Å². The molecule has 3 heterocycles. The highest BCUT2D eigenvalue weighted by atomic mass is 32.2. The number of rotatable bonds is 2. The van der Waals surface area contributed by atoms with E-state index in [9.17, 15) is 18.3 Å². The van der Waals surface area contributed by atoms with E-state index >= 15 is 0 Å². The molecule has 3 rings (SSSR count). The number of aromatic hydroxyl groups is 1. The average molecular weight is 352 g/mol. The molecule has 8 nitrogen and oxygen atoms in total. The first kappa shape index (κ1) is 16.7. The molecule has 130 valence electrons. The molecule has 0 bridgehead atoms. The monoisotopic (exact) mass is 352 g/mol. The fourth-order valence-electron chi connectivity index (χ4n) is 2.84. The van der Waals surface area contributed by atoms with Gasteiger partial charge in [0.25, 0.3) is 5.91 Å². The minimum Gasteiger partial charge on any atom is -0.506 e. The number of hydrogen-bond acceptors (Lipinski definition) is 6. The minimum absolute atomic E-state index is 0.0434. The molecule has 1 saturated heterocycles. The fraction of sp³-hybridized carbons (Fsp3) is 0.533. The topological polar surface area (TPSA) is 114 Å². The number of amides is 1. The van der Waals surface area contributed by atoms with Crippen molar-refractivity contribution in [2.45, 2.75) is 32.2 Å². The highest BCUT2D eigenvalue weighted by Gasteiger charge is 2.35. The molecular weight excluding hydrogens is 332 g/mol. The molecule has 1 amide bonds. The molecule has 1 fully saturated rings. The lowest BCUT2D eigenvalue weighted by atomic mass is 9.95. The second-order valence-corrected chi connectivity index (χ2v) is 8.90. The minimum atomic E-state index is -3.00. The van der Waals surface area contributed by atoms with E-state index in [1.807, 2.05) is 6.92 Å². The first-order valence-electron chi connectivity index (χ1n) is 7.66. The standard InChI is InChI=1S/C15H20N4O4S/c1-9-11(20)8-10-12(16-9)17-13(19(10)3)14(21)18-15(2)4-6-24(22,23)7-5-15/h8,20H,4-7H2,1-3H3,(H,18,21). The Kier molecular flexibility index (Phi) is 3.78. The van der Waals surface area contributed by atoms with Gasteiger partial charge in [-0.25, -0.2) is 18.4 Å². The number of aromatic nitrogens is 3. The molecule has 2 N–H and O–H groups in total. The number of hydrogen-bond donors (Lipinski definition) is 2. The number of carbonyl (C=O) groups excluding carboxylic acids is 1. The Morgan fingerprint density at radius 3 is 2.58 bits per heavy atom. The Morgan fingerprint density at radius 2 is 1.96 bits per heavy atom. The second kappa shape index (κ2) is 5.44. The van der Waals surface area contributed by atoms with Gasteiger partial charge in [-0.3, -0.25) is 4.79 Å². The largest absolute Gasteiger partial charge is 0.506 e. The number of nitrogens with one attached hydrogen (secondary N) is 1. The predicted octanol–water partition coefficient (Wildman–Crippen LogP) is 0.679. The molecule has 0 unspecified atom stereocenters. The predicted molar refractivity (Wildman–Crippen MR) is 88.7 cm³/mol. The first-order chi connectivity index (χ1) is 11.1. The van der Waals surface area contributed by atoms with Crippen LogP contribution in [0.4, 0.5) is 0 Å². The Hall–Kier alpha value is -2.16. The van der Waals surface area contributed by atoms with Crippen molar-refractivity contribution in [2.75, 3.05) is 11.5 Å². The molecule has 0 spiro atoms. The molecule has 2 aromatic rings. The van der Waals surface area contributed by atoms with Crippen LogP contribution in [0.5, 0.6) is 5.75 Å². The van der Waals surface area contributed by atoms with Crippen molar-refractivity contribution in [2.24, 2.45) is 7.05 Å². The number of sulfone groups is 1. The number of aryl methyl sites for hydroxylation is 2. The van der Waals surface area contributed by atoms with Gasteiger partial charge in [0.05, 0.1) is 22.7 Å².